The van der Waals surface area contributed by atoms with Crippen molar-refractivity contribution in [2.75, 3.05) is 11.9 Å². The number of benzene rings is 1. The Balaban J connectivity index is 3.11. The van der Waals surface area contributed by atoms with Gasteiger partial charge in [0.05, 0.1) is 17.3 Å². The van der Waals surface area contributed by atoms with Gasteiger partial charge in [-0.2, -0.15) is 5.26 Å². The fourth-order valence-corrected chi connectivity index (χ4v) is 2.06. The zero-order valence-corrected chi connectivity index (χ0v) is 11.8. The summed E-state index contributed by atoms with van der Waals surface area (Å²) in [5.41, 5.74) is 1.90. The predicted molar refractivity (Wildman–Crippen MR) is 71.6 cm³/mol. The van der Waals surface area contributed by atoms with Crippen LogP contribution in [0.1, 0.15) is 32.8 Å². The average Bonchev–Trinajstić information content (AvgIpc) is 2.28. The topological polar surface area (TPSA) is 27.0 Å². The molecule has 0 aliphatic rings. The summed E-state index contributed by atoms with van der Waals surface area (Å²) in [5, 5.41) is 8.81. The Morgan fingerprint density at radius 1 is 1.44 bits per heavy atom. The standard InChI is InChI=1S/C13H17BrN2/c1-5-13(2,3)16(4)12-7-6-10(9-15)8-11(12)14/h6-8H,5H2,1-4H3. The Morgan fingerprint density at radius 2 is 2.06 bits per heavy atom. The van der Waals surface area contributed by atoms with Crippen molar-refractivity contribution >= 4 is 21.6 Å². The molecule has 0 saturated heterocycles. The monoisotopic (exact) mass is 280 g/mol. The van der Waals surface area contributed by atoms with E-state index in [1.165, 1.54) is 0 Å². The van der Waals surface area contributed by atoms with Crippen LogP contribution < -0.4 is 4.90 Å². The number of halogens is 1. The van der Waals surface area contributed by atoms with Crippen LogP contribution in [0.4, 0.5) is 5.69 Å². The maximum atomic E-state index is 8.81. The lowest BCUT2D eigenvalue weighted by Crippen LogP contribution is -2.40. The molecule has 0 N–H and O–H groups in total. The molecule has 0 aliphatic carbocycles. The van der Waals surface area contributed by atoms with Gasteiger partial charge in [-0.1, -0.05) is 6.92 Å². The summed E-state index contributed by atoms with van der Waals surface area (Å²) < 4.78 is 0.968. The first-order valence-electron chi connectivity index (χ1n) is 5.36. The number of nitriles is 1. The van der Waals surface area contributed by atoms with Crippen molar-refractivity contribution in [1.82, 2.24) is 0 Å². The van der Waals surface area contributed by atoms with E-state index in [0.29, 0.717) is 5.56 Å². The minimum atomic E-state index is 0.108. The van der Waals surface area contributed by atoms with Gasteiger partial charge in [0, 0.05) is 17.1 Å². The average molecular weight is 281 g/mol. The second-order valence-electron chi connectivity index (χ2n) is 4.50. The smallest absolute Gasteiger partial charge is 0.0992 e. The van der Waals surface area contributed by atoms with E-state index in [4.69, 9.17) is 5.26 Å². The highest BCUT2D eigenvalue weighted by atomic mass is 79.9. The van der Waals surface area contributed by atoms with Crippen molar-refractivity contribution in [3.63, 3.8) is 0 Å². The van der Waals surface area contributed by atoms with E-state index < -0.39 is 0 Å². The lowest BCUT2D eigenvalue weighted by molar-refractivity contribution is 0.470. The highest BCUT2D eigenvalue weighted by Crippen LogP contribution is 2.31. The highest BCUT2D eigenvalue weighted by Gasteiger charge is 2.22. The van der Waals surface area contributed by atoms with Gasteiger partial charge in [0.25, 0.3) is 0 Å². The molecule has 1 aromatic carbocycles. The van der Waals surface area contributed by atoms with Crippen molar-refractivity contribution < 1.29 is 0 Å². The van der Waals surface area contributed by atoms with E-state index in [1.807, 2.05) is 18.2 Å². The van der Waals surface area contributed by atoms with E-state index in [9.17, 15) is 0 Å². The van der Waals surface area contributed by atoms with Gasteiger partial charge in [0.2, 0.25) is 0 Å². The predicted octanol–water partition coefficient (Wildman–Crippen LogP) is 3.95. The molecule has 0 fully saturated rings. The van der Waals surface area contributed by atoms with Gasteiger partial charge < -0.3 is 4.90 Å². The molecule has 0 amide bonds. The van der Waals surface area contributed by atoms with Gasteiger partial charge in [-0.25, -0.2) is 0 Å². The number of hydrogen-bond donors (Lipinski definition) is 0. The van der Waals surface area contributed by atoms with Crippen LogP contribution in [0.3, 0.4) is 0 Å². The van der Waals surface area contributed by atoms with Crippen LogP contribution in [-0.4, -0.2) is 12.6 Å². The van der Waals surface area contributed by atoms with E-state index in [2.05, 4.69) is 54.7 Å². The molecule has 0 bridgehead atoms. The lowest BCUT2D eigenvalue weighted by Gasteiger charge is -2.37. The lowest BCUT2D eigenvalue weighted by atomic mass is 9.99. The van der Waals surface area contributed by atoms with E-state index in [0.717, 1.165) is 16.6 Å². The summed E-state index contributed by atoms with van der Waals surface area (Å²) in [5.74, 6) is 0. The Hall–Kier alpha value is -1.01. The first kappa shape index (κ1) is 13.1. The number of nitrogens with zero attached hydrogens (tertiary/aromatic N) is 2. The summed E-state index contributed by atoms with van der Waals surface area (Å²) in [6, 6.07) is 7.83. The molecule has 0 aromatic heterocycles. The van der Waals surface area contributed by atoms with Crippen molar-refractivity contribution in [1.29, 1.82) is 5.26 Å². The second kappa shape index (κ2) is 4.88. The summed E-state index contributed by atoms with van der Waals surface area (Å²) in [6.45, 7) is 6.59. The fraction of sp³-hybridized carbons (Fsp3) is 0.462. The SMILES string of the molecule is CCC(C)(C)N(C)c1ccc(C#N)cc1Br. The Morgan fingerprint density at radius 3 is 2.50 bits per heavy atom. The van der Waals surface area contributed by atoms with Gasteiger partial charge in [-0.3, -0.25) is 0 Å². The van der Waals surface area contributed by atoms with Crippen molar-refractivity contribution in [3.05, 3.63) is 28.2 Å². The van der Waals surface area contributed by atoms with Crippen LogP contribution >= 0.6 is 15.9 Å². The molecule has 1 rings (SSSR count). The Kier molecular flexibility index (Phi) is 3.98. The van der Waals surface area contributed by atoms with E-state index in [-0.39, 0.29) is 5.54 Å². The quantitative estimate of drug-likeness (QED) is 0.839. The summed E-state index contributed by atoms with van der Waals surface area (Å²) >= 11 is 3.52. The number of rotatable bonds is 3. The van der Waals surface area contributed by atoms with Crippen LogP contribution in [-0.2, 0) is 0 Å². The van der Waals surface area contributed by atoms with Gasteiger partial charge in [-0.15, -0.1) is 0 Å². The molecule has 0 saturated carbocycles. The van der Waals surface area contributed by atoms with Crippen molar-refractivity contribution in [2.45, 2.75) is 32.7 Å². The molecular weight excluding hydrogens is 264 g/mol. The number of anilines is 1. The molecule has 2 nitrogen and oxygen atoms in total. The van der Waals surface area contributed by atoms with Crippen molar-refractivity contribution in [2.24, 2.45) is 0 Å². The third-order valence-corrected chi connectivity index (χ3v) is 3.85. The van der Waals surface area contributed by atoms with E-state index in [1.54, 1.807) is 0 Å². The molecule has 0 heterocycles. The molecule has 86 valence electrons. The fourth-order valence-electron chi connectivity index (χ4n) is 1.41. The molecule has 1 aromatic rings. The molecular formula is C13H17BrN2. The van der Waals surface area contributed by atoms with Crippen LogP contribution in [0.2, 0.25) is 0 Å². The van der Waals surface area contributed by atoms with Gasteiger partial charge in [-0.05, 0) is 54.4 Å². The first-order chi connectivity index (χ1) is 7.42. The molecule has 0 spiro atoms. The Bertz CT molecular complexity index is 418. The maximum absolute atomic E-state index is 8.81. The van der Waals surface area contributed by atoms with Crippen LogP contribution in [0.25, 0.3) is 0 Å². The molecule has 0 aliphatic heterocycles. The van der Waals surface area contributed by atoms with Crippen LogP contribution in [0, 0.1) is 11.3 Å². The minimum Gasteiger partial charge on any atom is -0.369 e. The Labute approximate surface area is 106 Å². The van der Waals surface area contributed by atoms with Gasteiger partial charge in [0.1, 0.15) is 0 Å². The van der Waals surface area contributed by atoms with Gasteiger partial charge in [0.15, 0.2) is 0 Å². The van der Waals surface area contributed by atoms with Gasteiger partial charge >= 0.3 is 0 Å². The molecule has 16 heavy (non-hydrogen) atoms. The second-order valence-corrected chi connectivity index (χ2v) is 5.36. The normalized spacial score (nSPS) is 11.0. The molecule has 3 heteroatoms. The third kappa shape index (κ3) is 2.56. The molecule has 0 atom stereocenters. The maximum Gasteiger partial charge on any atom is 0.0992 e. The largest absolute Gasteiger partial charge is 0.369 e. The summed E-state index contributed by atoms with van der Waals surface area (Å²) in [4.78, 5) is 2.23. The molecule has 0 unspecified atom stereocenters. The number of hydrogen-bond acceptors (Lipinski definition) is 2. The minimum absolute atomic E-state index is 0.108. The van der Waals surface area contributed by atoms with E-state index >= 15 is 0 Å². The highest BCUT2D eigenvalue weighted by molar-refractivity contribution is 9.10. The van der Waals surface area contributed by atoms with Crippen LogP contribution in [0.15, 0.2) is 22.7 Å². The first-order valence-corrected chi connectivity index (χ1v) is 6.15. The van der Waals surface area contributed by atoms with Crippen molar-refractivity contribution in [3.8, 4) is 6.07 Å². The third-order valence-electron chi connectivity index (χ3n) is 3.21. The zero-order valence-electron chi connectivity index (χ0n) is 10.2. The zero-order chi connectivity index (χ0) is 12.3. The molecule has 0 radical (unpaired) electrons. The van der Waals surface area contributed by atoms with Crippen LogP contribution in [0.5, 0.6) is 0 Å². The summed E-state index contributed by atoms with van der Waals surface area (Å²) in [6.07, 6.45) is 1.07. The summed E-state index contributed by atoms with van der Waals surface area (Å²) in [7, 11) is 2.08.